The molecule has 1 heterocycles. The second-order valence-corrected chi connectivity index (χ2v) is 9.67. The van der Waals surface area contributed by atoms with Crippen LogP contribution in [0.15, 0.2) is 60.9 Å². The van der Waals surface area contributed by atoms with Crippen LogP contribution in [0.2, 0.25) is 0 Å². The summed E-state index contributed by atoms with van der Waals surface area (Å²) in [4.78, 5) is 21.2. The predicted octanol–water partition coefficient (Wildman–Crippen LogP) is 8.21. The fraction of sp³-hybridized carbons (Fsp3) is 0.469. The number of esters is 1. The lowest BCUT2D eigenvalue weighted by Gasteiger charge is -2.14. The Labute approximate surface area is 222 Å². The van der Waals surface area contributed by atoms with E-state index in [-0.39, 0.29) is 5.97 Å². The van der Waals surface area contributed by atoms with E-state index in [4.69, 9.17) is 9.47 Å². The molecule has 1 atom stereocenters. The zero-order chi connectivity index (χ0) is 26.3. The van der Waals surface area contributed by atoms with E-state index in [1.54, 1.807) is 6.92 Å². The van der Waals surface area contributed by atoms with E-state index in [9.17, 15) is 4.79 Å². The van der Waals surface area contributed by atoms with Gasteiger partial charge < -0.3 is 9.47 Å². The maximum atomic E-state index is 12.1. The molecule has 0 amide bonds. The van der Waals surface area contributed by atoms with Crippen LogP contribution in [0.5, 0.6) is 5.75 Å². The van der Waals surface area contributed by atoms with Crippen molar-refractivity contribution in [3.63, 3.8) is 0 Å². The molecule has 5 nitrogen and oxygen atoms in total. The van der Waals surface area contributed by atoms with E-state index < -0.39 is 6.10 Å². The Hall–Kier alpha value is -3.21. The molecule has 0 aliphatic heterocycles. The van der Waals surface area contributed by atoms with Gasteiger partial charge in [-0.05, 0) is 61.6 Å². The predicted molar refractivity (Wildman–Crippen MR) is 151 cm³/mol. The number of nitrogens with zero attached hydrogens (tertiary/aromatic N) is 2. The van der Waals surface area contributed by atoms with Crippen LogP contribution >= 0.6 is 0 Å². The van der Waals surface area contributed by atoms with Gasteiger partial charge in [-0.3, -0.25) is 0 Å². The smallest absolute Gasteiger partial charge is 0.347 e. The highest BCUT2D eigenvalue weighted by Gasteiger charge is 2.16. The fourth-order valence-corrected chi connectivity index (χ4v) is 4.18. The minimum atomic E-state index is -0.653. The van der Waals surface area contributed by atoms with Crippen molar-refractivity contribution in [2.75, 3.05) is 6.61 Å². The van der Waals surface area contributed by atoms with E-state index in [2.05, 4.69) is 48.1 Å². The molecule has 0 radical (unpaired) electrons. The van der Waals surface area contributed by atoms with E-state index in [1.807, 2.05) is 36.7 Å². The van der Waals surface area contributed by atoms with Gasteiger partial charge in [0, 0.05) is 23.5 Å². The van der Waals surface area contributed by atoms with Crippen LogP contribution in [-0.4, -0.2) is 28.6 Å². The summed E-state index contributed by atoms with van der Waals surface area (Å²) in [5.74, 6) is 0.923. The first-order valence-electron chi connectivity index (χ1n) is 14.0. The van der Waals surface area contributed by atoms with Gasteiger partial charge in [0.05, 0.1) is 6.61 Å². The molecule has 1 aromatic heterocycles. The molecule has 37 heavy (non-hydrogen) atoms. The Kier molecular flexibility index (Phi) is 12.1. The normalized spacial score (nSPS) is 11.8. The summed E-state index contributed by atoms with van der Waals surface area (Å²) in [6, 6.07) is 16.2. The third-order valence-electron chi connectivity index (χ3n) is 6.51. The molecule has 3 rings (SSSR count). The lowest BCUT2D eigenvalue weighted by atomic mass is 10.0. The number of carbonyl (C=O) groups is 1. The lowest BCUT2D eigenvalue weighted by Crippen LogP contribution is -2.26. The number of hydrogen-bond donors (Lipinski definition) is 0. The second kappa shape index (κ2) is 15.8. The molecular weight excluding hydrogens is 460 g/mol. The average Bonchev–Trinajstić information content (AvgIpc) is 2.94. The molecule has 0 aliphatic rings. The van der Waals surface area contributed by atoms with Gasteiger partial charge in [-0.25, -0.2) is 14.8 Å². The number of ether oxygens (including phenoxy) is 2. The van der Waals surface area contributed by atoms with E-state index in [0.717, 1.165) is 42.4 Å². The van der Waals surface area contributed by atoms with Crippen molar-refractivity contribution in [1.29, 1.82) is 0 Å². The van der Waals surface area contributed by atoms with Crippen LogP contribution < -0.4 is 4.74 Å². The Morgan fingerprint density at radius 3 is 2.00 bits per heavy atom. The van der Waals surface area contributed by atoms with Crippen LogP contribution in [0.4, 0.5) is 0 Å². The summed E-state index contributed by atoms with van der Waals surface area (Å²) in [5, 5.41) is 0. The lowest BCUT2D eigenvalue weighted by molar-refractivity contribution is -0.151. The van der Waals surface area contributed by atoms with Crippen LogP contribution in [0.3, 0.4) is 0 Å². The number of benzene rings is 2. The third kappa shape index (κ3) is 9.64. The molecule has 0 N–H and O–H groups in total. The monoisotopic (exact) mass is 502 g/mol. The van der Waals surface area contributed by atoms with Crippen molar-refractivity contribution in [3.05, 3.63) is 66.5 Å². The molecular formula is C32H42N2O3. The van der Waals surface area contributed by atoms with Crippen LogP contribution in [0.1, 0.15) is 84.1 Å². The van der Waals surface area contributed by atoms with Gasteiger partial charge in [0.25, 0.3) is 0 Å². The maximum absolute atomic E-state index is 12.1. The van der Waals surface area contributed by atoms with E-state index >= 15 is 0 Å². The number of rotatable bonds is 16. The van der Waals surface area contributed by atoms with Crippen LogP contribution in [-0.2, 0) is 16.0 Å². The molecule has 198 valence electrons. The first kappa shape index (κ1) is 28.4. The molecule has 0 aliphatic carbocycles. The third-order valence-corrected chi connectivity index (χ3v) is 6.51. The van der Waals surface area contributed by atoms with Gasteiger partial charge in [-0.2, -0.15) is 0 Å². The van der Waals surface area contributed by atoms with Gasteiger partial charge >= 0.3 is 5.97 Å². The highest BCUT2D eigenvalue weighted by Crippen LogP contribution is 2.23. The fourth-order valence-electron chi connectivity index (χ4n) is 4.18. The van der Waals surface area contributed by atoms with Crippen molar-refractivity contribution in [3.8, 4) is 28.3 Å². The molecule has 2 aromatic carbocycles. The molecule has 5 heteroatoms. The highest BCUT2D eigenvalue weighted by molar-refractivity contribution is 5.74. The number of hydrogen-bond acceptors (Lipinski definition) is 5. The molecule has 3 aromatic rings. The van der Waals surface area contributed by atoms with Gasteiger partial charge in [-0.15, -0.1) is 0 Å². The van der Waals surface area contributed by atoms with Crippen molar-refractivity contribution in [2.24, 2.45) is 0 Å². The van der Waals surface area contributed by atoms with Crippen LogP contribution in [0.25, 0.3) is 22.5 Å². The topological polar surface area (TPSA) is 61.3 Å². The summed E-state index contributed by atoms with van der Waals surface area (Å²) in [7, 11) is 0. The summed E-state index contributed by atoms with van der Waals surface area (Å²) < 4.78 is 11.0. The van der Waals surface area contributed by atoms with Crippen LogP contribution in [0, 0.1) is 0 Å². The first-order valence-corrected chi connectivity index (χ1v) is 14.0. The molecule has 1 unspecified atom stereocenters. The summed E-state index contributed by atoms with van der Waals surface area (Å²) >= 11 is 0. The summed E-state index contributed by atoms with van der Waals surface area (Å²) in [5.41, 5.74) is 4.40. The van der Waals surface area contributed by atoms with Crippen molar-refractivity contribution in [1.82, 2.24) is 9.97 Å². The minimum absolute atomic E-state index is 0.338. The number of unbranched alkanes of at least 4 members (excludes halogenated alkanes) is 7. The van der Waals surface area contributed by atoms with Gasteiger partial charge in [0.15, 0.2) is 11.9 Å². The standard InChI is InChI=1S/C32H42N2O3/c1-4-6-8-9-10-11-13-26-14-16-27(17-15-26)29-23-33-31(34-24-29)28-18-20-30(21-19-28)37-25(3)32(35)36-22-12-7-5-2/h14-21,23-25H,4-13,22H2,1-3H3. The minimum Gasteiger partial charge on any atom is -0.479 e. The van der Waals surface area contributed by atoms with Crippen molar-refractivity contribution < 1.29 is 14.3 Å². The molecule has 0 saturated carbocycles. The molecule has 0 spiro atoms. The number of aryl methyl sites for hydroxylation is 1. The Morgan fingerprint density at radius 1 is 0.730 bits per heavy atom. The van der Waals surface area contributed by atoms with Crippen molar-refractivity contribution in [2.45, 2.75) is 91.1 Å². The summed E-state index contributed by atoms with van der Waals surface area (Å²) in [6.07, 6.45) is 15.2. The Bertz CT molecular complexity index is 1050. The van der Waals surface area contributed by atoms with E-state index in [0.29, 0.717) is 18.2 Å². The maximum Gasteiger partial charge on any atom is 0.347 e. The van der Waals surface area contributed by atoms with Gasteiger partial charge in [0.1, 0.15) is 5.75 Å². The number of carbonyl (C=O) groups excluding carboxylic acids is 1. The largest absolute Gasteiger partial charge is 0.479 e. The Balaban J connectivity index is 1.49. The Morgan fingerprint density at radius 2 is 1.32 bits per heavy atom. The van der Waals surface area contributed by atoms with Gasteiger partial charge in [0.2, 0.25) is 0 Å². The second-order valence-electron chi connectivity index (χ2n) is 9.67. The first-order chi connectivity index (χ1) is 18.1. The summed E-state index contributed by atoms with van der Waals surface area (Å²) in [6.45, 7) is 6.52. The molecule has 0 fully saturated rings. The number of aromatic nitrogens is 2. The zero-order valence-corrected chi connectivity index (χ0v) is 22.7. The molecule has 0 saturated heterocycles. The zero-order valence-electron chi connectivity index (χ0n) is 22.7. The highest BCUT2D eigenvalue weighted by atomic mass is 16.6. The quantitative estimate of drug-likeness (QED) is 0.146. The van der Waals surface area contributed by atoms with E-state index in [1.165, 1.54) is 44.1 Å². The van der Waals surface area contributed by atoms with Crippen molar-refractivity contribution >= 4 is 5.97 Å². The SMILES string of the molecule is CCCCCCCCc1ccc(-c2cnc(-c3ccc(OC(C)C(=O)OCCCCC)cc3)nc2)cc1. The average molecular weight is 503 g/mol. The van der Waals surface area contributed by atoms with Gasteiger partial charge in [-0.1, -0.05) is 83.1 Å². The molecule has 0 bridgehead atoms.